The van der Waals surface area contributed by atoms with E-state index < -0.39 is 5.91 Å². The number of unbranched alkanes of at least 4 members (excludes halogenated alkanes) is 2. The van der Waals surface area contributed by atoms with Crippen molar-refractivity contribution in [3.8, 4) is 5.75 Å². The number of hydrazine groups is 1. The largest absolute Gasteiger partial charge is 0.483 e. The zero-order valence-electron chi connectivity index (χ0n) is 13.9. The molecular formula is C18H20Br2N2O3. The van der Waals surface area contributed by atoms with Gasteiger partial charge in [0.25, 0.3) is 5.91 Å². The van der Waals surface area contributed by atoms with Crippen LogP contribution < -0.4 is 15.6 Å². The number of rotatable bonds is 7. The highest BCUT2D eigenvalue weighted by atomic mass is 79.9. The molecule has 2 aromatic rings. The topological polar surface area (TPSA) is 67.4 Å². The number of carbonyl (C=O) groups is 2. The van der Waals surface area contributed by atoms with Crippen LogP contribution >= 0.6 is 31.9 Å². The van der Waals surface area contributed by atoms with Crippen molar-refractivity contribution in [3.63, 3.8) is 0 Å². The molecule has 0 radical (unpaired) electrons. The molecule has 0 unspecified atom stereocenters. The molecule has 0 aliphatic rings. The summed E-state index contributed by atoms with van der Waals surface area (Å²) >= 11 is 6.95. The number of halogens is 2. The summed E-state index contributed by atoms with van der Waals surface area (Å²) < 4.78 is 7.33. The third kappa shape index (κ3) is 6.01. The third-order valence-corrected chi connectivity index (χ3v) is 4.90. The molecule has 2 rings (SSSR count). The molecule has 0 bridgehead atoms. The van der Waals surface area contributed by atoms with Crippen LogP contribution in [0.15, 0.2) is 39.3 Å². The van der Waals surface area contributed by atoms with Crippen molar-refractivity contribution in [2.45, 2.75) is 32.6 Å². The van der Waals surface area contributed by atoms with Gasteiger partial charge in [-0.1, -0.05) is 47.8 Å². The first-order valence-corrected chi connectivity index (χ1v) is 9.68. The highest BCUT2D eigenvalue weighted by Gasteiger charge is 2.10. The first-order chi connectivity index (χ1) is 12.0. The molecule has 0 heterocycles. The molecule has 25 heavy (non-hydrogen) atoms. The summed E-state index contributed by atoms with van der Waals surface area (Å²) in [5, 5.41) is 2.04. The highest BCUT2D eigenvalue weighted by molar-refractivity contribution is 9.11. The molecule has 5 nitrogen and oxygen atoms in total. The minimum Gasteiger partial charge on any atom is -0.483 e. The van der Waals surface area contributed by atoms with Gasteiger partial charge >= 0.3 is 0 Å². The van der Waals surface area contributed by atoms with E-state index in [1.165, 1.54) is 0 Å². The SMILES string of the molecule is CCCCCC(=O)NNC(=O)COc1ccc2cc(Br)ccc2c1Br. The number of fused-ring (bicyclic) bond motifs is 1. The van der Waals surface area contributed by atoms with E-state index in [4.69, 9.17) is 4.74 Å². The van der Waals surface area contributed by atoms with E-state index in [0.717, 1.165) is 39.0 Å². The molecule has 0 aliphatic heterocycles. The summed E-state index contributed by atoms with van der Waals surface area (Å²) in [6.07, 6.45) is 3.26. The fourth-order valence-electron chi connectivity index (χ4n) is 2.27. The van der Waals surface area contributed by atoms with Crippen LogP contribution in [0.25, 0.3) is 10.8 Å². The van der Waals surface area contributed by atoms with Crippen LogP contribution in [0.4, 0.5) is 0 Å². The van der Waals surface area contributed by atoms with Crippen molar-refractivity contribution in [3.05, 3.63) is 39.3 Å². The monoisotopic (exact) mass is 470 g/mol. The number of nitrogens with one attached hydrogen (secondary N) is 2. The number of hydrogen-bond acceptors (Lipinski definition) is 3. The molecule has 0 saturated heterocycles. The summed E-state index contributed by atoms with van der Waals surface area (Å²) in [4.78, 5) is 23.3. The van der Waals surface area contributed by atoms with Crippen molar-refractivity contribution >= 4 is 54.4 Å². The molecule has 2 amide bonds. The second-order valence-corrected chi connectivity index (χ2v) is 7.29. The van der Waals surface area contributed by atoms with Crippen LogP contribution in [0.5, 0.6) is 5.75 Å². The van der Waals surface area contributed by atoms with E-state index in [9.17, 15) is 9.59 Å². The minimum atomic E-state index is -0.411. The van der Waals surface area contributed by atoms with Gasteiger partial charge in [-0.15, -0.1) is 0 Å². The van der Waals surface area contributed by atoms with E-state index in [-0.39, 0.29) is 12.5 Å². The molecule has 0 aliphatic carbocycles. The molecule has 2 aromatic carbocycles. The molecule has 0 spiro atoms. The summed E-state index contributed by atoms with van der Waals surface area (Å²) in [5.74, 6) is -0.0369. The molecular weight excluding hydrogens is 452 g/mol. The second kappa shape index (κ2) is 9.77. The summed E-state index contributed by atoms with van der Waals surface area (Å²) in [6.45, 7) is 1.89. The van der Waals surface area contributed by atoms with Crippen LogP contribution in [0.1, 0.15) is 32.6 Å². The Kier molecular flexibility index (Phi) is 7.71. The Bertz CT molecular complexity index is 765. The van der Waals surface area contributed by atoms with Crippen LogP contribution in [0, 0.1) is 0 Å². The summed E-state index contributed by atoms with van der Waals surface area (Å²) in [7, 11) is 0. The quantitative estimate of drug-likeness (QED) is 0.462. The third-order valence-electron chi connectivity index (χ3n) is 3.59. The van der Waals surface area contributed by atoms with E-state index in [2.05, 4.69) is 49.6 Å². The van der Waals surface area contributed by atoms with E-state index in [0.29, 0.717) is 12.2 Å². The van der Waals surface area contributed by atoms with Gasteiger partial charge in [-0.05, 0) is 51.3 Å². The lowest BCUT2D eigenvalue weighted by Crippen LogP contribution is -2.43. The minimum absolute atomic E-state index is 0.185. The standard InChI is InChI=1S/C18H20Br2N2O3/c1-2-3-4-5-16(23)21-22-17(24)11-25-15-9-6-12-10-13(19)7-8-14(12)18(15)20/h6-10H,2-5,11H2,1H3,(H,21,23)(H,22,24). The Labute approximate surface area is 163 Å². The van der Waals surface area contributed by atoms with Crippen LogP contribution in [0.2, 0.25) is 0 Å². The van der Waals surface area contributed by atoms with Crippen molar-refractivity contribution in [2.75, 3.05) is 6.61 Å². The Hall–Kier alpha value is -1.60. The average Bonchev–Trinajstić information content (AvgIpc) is 2.59. The Morgan fingerprint density at radius 2 is 1.80 bits per heavy atom. The van der Waals surface area contributed by atoms with E-state index in [1.807, 2.05) is 24.3 Å². The van der Waals surface area contributed by atoms with Gasteiger partial charge < -0.3 is 4.74 Å². The summed E-state index contributed by atoms with van der Waals surface area (Å²) in [6, 6.07) is 9.64. The predicted molar refractivity (Wildman–Crippen MR) is 105 cm³/mol. The molecule has 7 heteroatoms. The molecule has 0 atom stereocenters. The van der Waals surface area contributed by atoms with Gasteiger partial charge in [0.1, 0.15) is 5.75 Å². The maximum atomic E-state index is 11.8. The van der Waals surface area contributed by atoms with Crippen molar-refractivity contribution in [1.82, 2.24) is 10.9 Å². The van der Waals surface area contributed by atoms with Crippen LogP contribution in [-0.4, -0.2) is 18.4 Å². The van der Waals surface area contributed by atoms with Gasteiger partial charge in [-0.3, -0.25) is 20.4 Å². The fraction of sp³-hybridized carbons (Fsp3) is 0.333. The molecule has 0 fully saturated rings. The first kappa shape index (κ1) is 19.7. The zero-order valence-corrected chi connectivity index (χ0v) is 17.1. The number of ether oxygens (including phenoxy) is 1. The lowest BCUT2D eigenvalue weighted by molar-refractivity contribution is -0.130. The van der Waals surface area contributed by atoms with Crippen molar-refractivity contribution in [2.24, 2.45) is 0 Å². The first-order valence-electron chi connectivity index (χ1n) is 8.09. The summed E-state index contributed by atoms with van der Waals surface area (Å²) in [5.41, 5.74) is 4.75. The van der Waals surface area contributed by atoms with Crippen molar-refractivity contribution < 1.29 is 14.3 Å². The molecule has 0 aromatic heterocycles. The normalized spacial score (nSPS) is 10.5. The second-order valence-electron chi connectivity index (χ2n) is 5.59. The number of amides is 2. The number of carbonyl (C=O) groups excluding carboxylic acids is 2. The van der Waals surface area contributed by atoms with Gasteiger partial charge in [0.15, 0.2) is 6.61 Å². The van der Waals surface area contributed by atoms with Crippen LogP contribution in [0.3, 0.4) is 0 Å². The van der Waals surface area contributed by atoms with Crippen molar-refractivity contribution in [1.29, 1.82) is 0 Å². The molecule has 2 N–H and O–H groups in total. The highest BCUT2D eigenvalue weighted by Crippen LogP contribution is 2.34. The van der Waals surface area contributed by atoms with Gasteiger partial charge in [-0.25, -0.2) is 0 Å². The molecule has 134 valence electrons. The fourth-order valence-corrected chi connectivity index (χ4v) is 3.26. The zero-order chi connectivity index (χ0) is 18.2. The number of hydrogen-bond donors (Lipinski definition) is 2. The lowest BCUT2D eigenvalue weighted by Gasteiger charge is -2.11. The van der Waals surface area contributed by atoms with Gasteiger partial charge in [0.2, 0.25) is 5.91 Å². The van der Waals surface area contributed by atoms with E-state index >= 15 is 0 Å². The Morgan fingerprint density at radius 3 is 2.56 bits per heavy atom. The van der Waals surface area contributed by atoms with E-state index in [1.54, 1.807) is 6.07 Å². The average molecular weight is 472 g/mol. The van der Waals surface area contributed by atoms with Gasteiger partial charge in [0, 0.05) is 10.9 Å². The van der Waals surface area contributed by atoms with Gasteiger partial charge in [-0.2, -0.15) is 0 Å². The lowest BCUT2D eigenvalue weighted by atomic mass is 10.1. The Morgan fingerprint density at radius 1 is 1.04 bits per heavy atom. The van der Waals surface area contributed by atoms with Crippen LogP contribution in [-0.2, 0) is 9.59 Å². The van der Waals surface area contributed by atoms with Gasteiger partial charge in [0.05, 0.1) is 4.47 Å². The Balaban J connectivity index is 1.85. The smallest absolute Gasteiger partial charge is 0.276 e. The number of benzene rings is 2. The predicted octanol–water partition coefficient (Wildman–Crippen LogP) is 4.47. The maximum absolute atomic E-state index is 11.8. The molecule has 0 saturated carbocycles. The maximum Gasteiger partial charge on any atom is 0.276 e.